The van der Waals surface area contributed by atoms with Crippen molar-refractivity contribution < 1.29 is 29.6 Å². The molecule has 3 amide bonds. The van der Waals surface area contributed by atoms with E-state index >= 15 is 0 Å². The Balaban J connectivity index is -0.000000545. The average Bonchev–Trinajstić information content (AvgIpc) is 3.13. The first kappa shape index (κ1) is 27.4. The molecule has 4 atom stereocenters. The Labute approximate surface area is 182 Å². The van der Waals surface area contributed by atoms with Crippen LogP contribution in [0.2, 0.25) is 0 Å². The van der Waals surface area contributed by atoms with E-state index in [-0.39, 0.29) is 33.0 Å². The lowest BCUT2D eigenvalue weighted by Gasteiger charge is -2.28. The standard InChI is InChI=1S/C18H28N4O3.CH4S.2H2O.3H2/c19-13-8-5-3-1-2-4-7-12-11-18(12,17(20)25)21-15(23)14-9-6-10-22(14)16(13)24;1-2;;;;;/h4,7,12-14H,1-3,5-6,8-11,19H2,(H2,20,25)(H,21,23);2H,1H3;2*1H2;3*1H/b7-4-;;;;;;/t12-,13+,14+,18-;;;;;;/m1....../s1. The van der Waals surface area contributed by atoms with E-state index in [1.165, 1.54) is 0 Å². The van der Waals surface area contributed by atoms with Crippen LogP contribution < -0.4 is 16.8 Å². The molecule has 3 aliphatic rings. The van der Waals surface area contributed by atoms with Crippen LogP contribution >= 0.6 is 12.6 Å². The number of carbonyl (C=O) groups is 3. The number of thiol groups is 1. The van der Waals surface area contributed by atoms with Gasteiger partial charge in [-0.2, -0.15) is 12.6 Å². The van der Waals surface area contributed by atoms with Gasteiger partial charge < -0.3 is 32.6 Å². The number of allylic oxidation sites excluding steroid dienone is 1. The molecule has 2 aliphatic heterocycles. The van der Waals surface area contributed by atoms with Gasteiger partial charge >= 0.3 is 0 Å². The lowest BCUT2D eigenvalue weighted by Crippen LogP contribution is -2.56. The first-order chi connectivity index (χ1) is 13.0. The second-order valence-electron chi connectivity index (χ2n) is 7.50. The first-order valence-corrected chi connectivity index (χ1v) is 10.6. The van der Waals surface area contributed by atoms with Crippen molar-refractivity contribution in [2.75, 3.05) is 12.8 Å². The Bertz CT molecular complexity index is 618. The highest BCUT2D eigenvalue weighted by Crippen LogP contribution is 2.45. The summed E-state index contributed by atoms with van der Waals surface area (Å²) in [6, 6.07) is -1.11. The van der Waals surface area contributed by atoms with Crippen LogP contribution in [-0.2, 0) is 14.4 Å². The molecule has 0 aromatic rings. The lowest BCUT2D eigenvalue weighted by atomic mass is 10.1. The molecule has 9 nitrogen and oxygen atoms in total. The Morgan fingerprint density at radius 1 is 1.21 bits per heavy atom. The fourth-order valence-corrected chi connectivity index (χ4v) is 4.02. The number of amides is 3. The van der Waals surface area contributed by atoms with Crippen LogP contribution in [0.25, 0.3) is 0 Å². The maximum absolute atomic E-state index is 12.8. The van der Waals surface area contributed by atoms with Gasteiger partial charge in [0.25, 0.3) is 0 Å². The molecule has 2 fully saturated rings. The summed E-state index contributed by atoms with van der Waals surface area (Å²) in [6.07, 6.45) is 12.1. The van der Waals surface area contributed by atoms with Gasteiger partial charge in [0.2, 0.25) is 17.7 Å². The number of primary amides is 1. The van der Waals surface area contributed by atoms with Gasteiger partial charge in [0.1, 0.15) is 11.6 Å². The Morgan fingerprint density at radius 2 is 1.90 bits per heavy atom. The number of hydrogen-bond donors (Lipinski definition) is 4. The smallest absolute Gasteiger partial charge is 0.243 e. The molecule has 174 valence electrons. The molecule has 1 aliphatic carbocycles. The normalized spacial score (nSPS) is 32.9. The van der Waals surface area contributed by atoms with Crippen LogP contribution in [0.3, 0.4) is 0 Å². The number of nitrogens with one attached hydrogen (secondary N) is 1. The summed E-state index contributed by atoms with van der Waals surface area (Å²) in [5.41, 5.74) is 10.6. The molecular formula is C19H42N4O5S. The number of nitrogens with zero attached hydrogens (tertiary/aromatic N) is 1. The summed E-state index contributed by atoms with van der Waals surface area (Å²) >= 11 is 3.53. The van der Waals surface area contributed by atoms with Crippen LogP contribution in [0.5, 0.6) is 0 Å². The van der Waals surface area contributed by atoms with E-state index in [1.807, 2.05) is 6.08 Å². The van der Waals surface area contributed by atoms with Crippen LogP contribution in [0.1, 0.15) is 55.6 Å². The van der Waals surface area contributed by atoms with Crippen LogP contribution in [0.4, 0.5) is 0 Å². The molecule has 1 saturated heterocycles. The average molecular weight is 439 g/mol. The van der Waals surface area contributed by atoms with Gasteiger partial charge in [-0.15, -0.1) is 0 Å². The summed E-state index contributed by atoms with van der Waals surface area (Å²) in [4.78, 5) is 38.9. The van der Waals surface area contributed by atoms with Crippen molar-refractivity contribution in [3.05, 3.63) is 12.2 Å². The van der Waals surface area contributed by atoms with Gasteiger partial charge in [0.05, 0.1) is 6.04 Å². The largest absolute Gasteiger partial charge is 0.412 e. The third-order valence-electron chi connectivity index (χ3n) is 5.71. The molecule has 0 spiro atoms. The topological polar surface area (TPSA) is 182 Å². The number of fused-ring (bicyclic) bond motifs is 2. The zero-order valence-corrected chi connectivity index (χ0v) is 17.9. The maximum atomic E-state index is 12.8. The molecule has 9 N–H and O–H groups in total. The first-order valence-electron chi connectivity index (χ1n) is 9.75. The predicted molar refractivity (Wildman–Crippen MR) is 122 cm³/mol. The van der Waals surface area contributed by atoms with E-state index < -0.39 is 23.5 Å². The van der Waals surface area contributed by atoms with E-state index in [1.54, 1.807) is 11.2 Å². The van der Waals surface area contributed by atoms with Gasteiger partial charge in [-0.1, -0.05) is 25.0 Å². The zero-order chi connectivity index (χ0) is 20.0. The maximum Gasteiger partial charge on any atom is 0.243 e. The minimum Gasteiger partial charge on any atom is -0.412 e. The molecule has 0 bridgehead atoms. The van der Waals surface area contributed by atoms with Crippen molar-refractivity contribution in [2.45, 2.75) is 69.0 Å². The minimum absolute atomic E-state index is 0. The van der Waals surface area contributed by atoms with E-state index in [4.69, 9.17) is 11.5 Å². The Morgan fingerprint density at radius 3 is 2.55 bits per heavy atom. The summed E-state index contributed by atoms with van der Waals surface area (Å²) < 4.78 is 0. The lowest BCUT2D eigenvalue weighted by molar-refractivity contribution is -0.140. The van der Waals surface area contributed by atoms with Crippen LogP contribution in [0, 0.1) is 5.92 Å². The molecule has 3 rings (SSSR count). The van der Waals surface area contributed by atoms with Crippen molar-refractivity contribution >= 4 is 30.4 Å². The number of hydrogen-bond acceptors (Lipinski definition) is 5. The van der Waals surface area contributed by atoms with Crippen molar-refractivity contribution in [3.63, 3.8) is 0 Å². The molecular weight excluding hydrogens is 396 g/mol. The molecule has 0 aromatic carbocycles. The highest BCUT2D eigenvalue weighted by Gasteiger charge is 2.59. The van der Waals surface area contributed by atoms with E-state index in [2.05, 4.69) is 24.0 Å². The fraction of sp³-hybridized carbons (Fsp3) is 0.737. The van der Waals surface area contributed by atoms with Crippen molar-refractivity contribution in [1.29, 1.82) is 0 Å². The third-order valence-corrected chi connectivity index (χ3v) is 5.71. The highest BCUT2D eigenvalue weighted by molar-refractivity contribution is 7.79. The molecule has 0 radical (unpaired) electrons. The highest BCUT2D eigenvalue weighted by atomic mass is 32.1. The summed E-state index contributed by atoms with van der Waals surface area (Å²) in [5.74, 6) is -1.01. The van der Waals surface area contributed by atoms with Gasteiger partial charge in [0, 0.05) is 16.7 Å². The summed E-state index contributed by atoms with van der Waals surface area (Å²) in [7, 11) is 0. The monoisotopic (exact) mass is 438 g/mol. The molecule has 0 aromatic heterocycles. The fourth-order valence-electron chi connectivity index (χ4n) is 4.02. The number of carbonyl (C=O) groups excluding carboxylic acids is 3. The molecule has 1 saturated carbocycles. The molecule has 10 heteroatoms. The van der Waals surface area contributed by atoms with E-state index in [0.717, 1.165) is 32.1 Å². The van der Waals surface area contributed by atoms with Crippen LogP contribution in [-0.4, -0.2) is 64.0 Å². The van der Waals surface area contributed by atoms with Crippen molar-refractivity contribution in [2.24, 2.45) is 17.4 Å². The minimum atomic E-state index is -0.993. The summed E-state index contributed by atoms with van der Waals surface area (Å²) in [5, 5.41) is 2.84. The SMILES string of the molecule is CS.NC(=O)[C@@]12C[C@H]1/C=C\CCCCC[C@H](N)C(=O)N1CCC[C@H]1C(=O)N2.O.O.[HH].[HH].[HH]. The third kappa shape index (κ3) is 6.18. The molecule has 2 heterocycles. The van der Waals surface area contributed by atoms with Gasteiger partial charge in [-0.3, -0.25) is 14.4 Å². The van der Waals surface area contributed by atoms with Crippen LogP contribution in [0.15, 0.2) is 12.2 Å². The van der Waals surface area contributed by atoms with Gasteiger partial charge in [0.15, 0.2) is 0 Å². The second-order valence-corrected chi connectivity index (χ2v) is 7.50. The number of nitrogens with two attached hydrogens (primary N) is 2. The van der Waals surface area contributed by atoms with Crippen molar-refractivity contribution in [1.82, 2.24) is 10.2 Å². The predicted octanol–water partition coefficient (Wildman–Crippen LogP) is -0.180. The van der Waals surface area contributed by atoms with E-state index in [9.17, 15) is 14.4 Å². The van der Waals surface area contributed by atoms with Crippen molar-refractivity contribution in [3.8, 4) is 0 Å². The summed E-state index contributed by atoms with van der Waals surface area (Å²) in [6.45, 7) is 0.539. The van der Waals surface area contributed by atoms with Gasteiger partial charge in [-0.25, -0.2) is 0 Å². The quantitative estimate of drug-likeness (QED) is 0.327. The van der Waals surface area contributed by atoms with Gasteiger partial charge in [-0.05, 0) is 44.8 Å². The molecule has 29 heavy (non-hydrogen) atoms. The zero-order valence-electron chi connectivity index (χ0n) is 17.0. The molecule has 0 unspecified atom stereocenters. The van der Waals surface area contributed by atoms with E-state index in [0.29, 0.717) is 25.8 Å². The second kappa shape index (κ2) is 12.2. The Kier molecular flexibility index (Phi) is 11.5. The number of rotatable bonds is 1. The Hall–Kier alpha value is -1.62.